The van der Waals surface area contributed by atoms with E-state index in [0.29, 0.717) is 0 Å². The van der Waals surface area contributed by atoms with Gasteiger partial charge in [-0.05, 0) is 42.4 Å². The van der Waals surface area contributed by atoms with E-state index >= 15 is 0 Å². The number of hydrogen-bond donors (Lipinski definition) is 1. The van der Waals surface area contributed by atoms with Crippen LogP contribution in [0.3, 0.4) is 0 Å². The van der Waals surface area contributed by atoms with Gasteiger partial charge < -0.3 is 9.14 Å². The lowest BCUT2D eigenvalue weighted by atomic mass is 10.1. The van der Waals surface area contributed by atoms with Gasteiger partial charge in [0.15, 0.2) is 0 Å². The van der Waals surface area contributed by atoms with Crippen LogP contribution < -0.4 is 4.72 Å². The summed E-state index contributed by atoms with van der Waals surface area (Å²) in [5.41, 5.74) is 3.77. The predicted octanol–water partition coefficient (Wildman–Crippen LogP) is 1.74. The highest BCUT2D eigenvalue weighted by Crippen LogP contribution is 2.24. The van der Waals surface area contributed by atoms with Gasteiger partial charge in [-0.15, -0.1) is 0 Å². The molecule has 1 aromatic carbocycles. The summed E-state index contributed by atoms with van der Waals surface area (Å²) in [6.07, 6.45) is 3.92. The van der Waals surface area contributed by atoms with Gasteiger partial charge in [-0.25, -0.2) is 18.1 Å². The molecule has 0 spiro atoms. The number of rotatable bonds is 5. The number of imidazole rings is 1. The van der Waals surface area contributed by atoms with Crippen LogP contribution in [0.15, 0.2) is 53.7 Å². The summed E-state index contributed by atoms with van der Waals surface area (Å²) in [5, 5.41) is 0. The fourth-order valence-corrected chi connectivity index (χ4v) is 4.04. The van der Waals surface area contributed by atoms with Crippen LogP contribution >= 0.6 is 0 Å². The first-order valence-electron chi connectivity index (χ1n) is 8.87. The van der Waals surface area contributed by atoms with Gasteiger partial charge in [0, 0.05) is 25.8 Å². The molecular weight excluding hydrogens is 364 g/mol. The zero-order valence-corrected chi connectivity index (χ0v) is 15.9. The van der Waals surface area contributed by atoms with Crippen LogP contribution in [-0.2, 0) is 21.3 Å². The largest absolute Gasteiger partial charge is 0.379 e. The Balaban J connectivity index is 1.69. The number of sulfonamides is 1. The van der Waals surface area contributed by atoms with Crippen LogP contribution in [-0.4, -0.2) is 56.1 Å². The number of ether oxygens (including phenoxy) is 1. The van der Waals surface area contributed by atoms with Crippen molar-refractivity contribution in [1.82, 2.24) is 19.0 Å². The summed E-state index contributed by atoms with van der Waals surface area (Å²) >= 11 is 0. The highest BCUT2D eigenvalue weighted by Gasteiger charge is 2.15. The SMILES string of the molecule is CNS(=O)(=O)c1cccc(-c2ccc3ncc(CN4CCOCC4)n3c2)c1. The molecule has 1 aliphatic heterocycles. The van der Waals surface area contributed by atoms with E-state index in [9.17, 15) is 8.42 Å². The molecule has 0 atom stereocenters. The van der Waals surface area contributed by atoms with Gasteiger partial charge in [-0.1, -0.05) is 12.1 Å². The summed E-state index contributed by atoms with van der Waals surface area (Å²) in [5.74, 6) is 0. The number of pyridine rings is 1. The van der Waals surface area contributed by atoms with Crippen molar-refractivity contribution in [1.29, 1.82) is 0 Å². The lowest BCUT2D eigenvalue weighted by Gasteiger charge is -2.26. The van der Waals surface area contributed by atoms with Crippen molar-refractivity contribution >= 4 is 15.7 Å². The molecule has 0 radical (unpaired) electrons. The maximum absolute atomic E-state index is 12.1. The van der Waals surface area contributed by atoms with Crippen LogP contribution in [0.1, 0.15) is 5.69 Å². The van der Waals surface area contributed by atoms with E-state index < -0.39 is 10.0 Å². The molecule has 0 bridgehead atoms. The third-order valence-corrected chi connectivity index (χ3v) is 6.23. The quantitative estimate of drug-likeness (QED) is 0.723. The van der Waals surface area contributed by atoms with Gasteiger partial charge in [0.1, 0.15) is 5.65 Å². The molecule has 4 rings (SSSR count). The number of nitrogens with one attached hydrogen (secondary N) is 1. The molecular formula is C19H22N4O3S. The molecule has 0 unspecified atom stereocenters. The smallest absolute Gasteiger partial charge is 0.240 e. The van der Waals surface area contributed by atoms with Crippen molar-refractivity contribution in [2.45, 2.75) is 11.4 Å². The zero-order valence-electron chi connectivity index (χ0n) is 15.1. The molecule has 3 aromatic rings. The summed E-state index contributed by atoms with van der Waals surface area (Å²) in [6.45, 7) is 4.15. The van der Waals surface area contributed by atoms with Gasteiger partial charge in [0.05, 0.1) is 30.0 Å². The molecule has 7 nitrogen and oxygen atoms in total. The first-order chi connectivity index (χ1) is 13.1. The molecule has 2 aromatic heterocycles. The Kier molecular flexibility index (Phi) is 4.96. The Labute approximate surface area is 158 Å². The molecule has 0 aliphatic carbocycles. The highest BCUT2D eigenvalue weighted by atomic mass is 32.2. The second kappa shape index (κ2) is 7.40. The average molecular weight is 386 g/mol. The molecule has 1 N–H and O–H groups in total. The van der Waals surface area contributed by atoms with Gasteiger partial charge in [-0.2, -0.15) is 0 Å². The summed E-state index contributed by atoms with van der Waals surface area (Å²) in [4.78, 5) is 7.09. The lowest BCUT2D eigenvalue weighted by Crippen LogP contribution is -2.35. The molecule has 27 heavy (non-hydrogen) atoms. The van der Waals surface area contributed by atoms with Crippen molar-refractivity contribution in [3.8, 4) is 11.1 Å². The molecule has 0 amide bonds. The molecule has 3 heterocycles. The third-order valence-electron chi connectivity index (χ3n) is 4.82. The Morgan fingerprint density at radius 2 is 1.96 bits per heavy atom. The minimum atomic E-state index is -3.48. The van der Waals surface area contributed by atoms with E-state index in [1.54, 1.807) is 18.2 Å². The fourth-order valence-electron chi connectivity index (χ4n) is 3.27. The van der Waals surface area contributed by atoms with Crippen LogP contribution in [0.2, 0.25) is 0 Å². The third kappa shape index (κ3) is 3.74. The van der Waals surface area contributed by atoms with E-state index in [-0.39, 0.29) is 4.90 Å². The van der Waals surface area contributed by atoms with Crippen molar-refractivity contribution in [2.75, 3.05) is 33.4 Å². The highest BCUT2D eigenvalue weighted by molar-refractivity contribution is 7.89. The molecule has 142 valence electrons. The Morgan fingerprint density at radius 1 is 1.15 bits per heavy atom. The van der Waals surface area contributed by atoms with Crippen LogP contribution in [0.25, 0.3) is 16.8 Å². The van der Waals surface area contributed by atoms with E-state index in [2.05, 4.69) is 19.0 Å². The number of morpholine rings is 1. The zero-order chi connectivity index (χ0) is 18.9. The normalized spacial score (nSPS) is 16.0. The van der Waals surface area contributed by atoms with Crippen molar-refractivity contribution in [2.24, 2.45) is 0 Å². The fraction of sp³-hybridized carbons (Fsp3) is 0.316. The number of nitrogens with zero attached hydrogens (tertiary/aromatic N) is 3. The van der Waals surface area contributed by atoms with Crippen LogP contribution in [0.4, 0.5) is 0 Å². The minimum Gasteiger partial charge on any atom is -0.379 e. The number of fused-ring (bicyclic) bond motifs is 1. The Morgan fingerprint density at radius 3 is 2.74 bits per heavy atom. The predicted molar refractivity (Wildman–Crippen MR) is 103 cm³/mol. The van der Waals surface area contributed by atoms with Crippen molar-refractivity contribution < 1.29 is 13.2 Å². The monoisotopic (exact) mass is 386 g/mol. The van der Waals surface area contributed by atoms with E-state index in [0.717, 1.165) is 55.3 Å². The summed E-state index contributed by atoms with van der Waals surface area (Å²) in [7, 11) is -2.06. The molecule has 0 saturated carbocycles. The number of hydrogen-bond acceptors (Lipinski definition) is 5. The molecule has 1 saturated heterocycles. The van der Waals surface area contributed by atoms with Crippen molar-refractivity contribution in [3.05, 3.63) is 54.5 Å². The van der Waals surface area contributed by atoms with Gasteiger partial charge >= 0.3 is 0 Å². The molecule has 1 aliphatic rings. The van der Waals surface area contributed by atoms with E-state index in [1.807, 2.05) is 30.6 Å². The topological polar surface area (TPSA) is 75.9 Å². The van der Waals surface area contributed by atoms with E-state index in [1.165, 1.54) is 7.05 Å². The summed E-state index contributed by atoms with van der Waals surface area (Å²) in [6, 6.07) is 10.9. The number of benzene rings is 1. The van der Waals surface area contributed by atoms with Crippen LogP contribution in [0, 0.1) is 0 Å². The van der Waals surface area contributed by atoms with Crippen LogP contribution in [0.5, 0.6) is 0 Å². The minimum absolute atomic E-state index is 0.252. The Hall–Kier alpha value is -2.26. The average Bonchev–Trinajstić information content (AvgIpc) is 3.11. The number of aromatic nitrogens is 2. The first-order valence-corrected chi connectivity index (χ1v) is 10.4. The van der Waals surface area contributed by atoms with Crippen molar-refractivity contribution in [3.63, 3.8) is 0 Å². The first kappa shape index (κ1) is 18.1. The van der Waals surface area contributed by atoms with Gasteiger partial charge in [0.25, 0.3) is 0 Å². The Bertz CT molecular complexity index is 1060. The van der Waals surface area contributed by atoms with Gasteiger partial charge in [0.2, 0.25) is 10.0 Å². The second-order valence-corrected chi connectivity index (χ2v) is 8.41. The second-order valence-electron chi connectivity index (χ2n) is 6.52. The standard InChI is InChI=1S/C19H22N4O3S/c1-20-27(24,25)18-4-2-3-15(11-18)16-5-6-19-21-12-17(23(19)13-16)14-22-7-9-26-10-8-22/h2-6,11-13,20H,7-10,14H2,1H3. The van der Waals surface area contributed by atoms with Gasteiger partial charge in [-0.3, -0.25) is 4.90 Å². The molecule has 1 fully saturated rings. The maximum Gasteiger partial charge on any atom is 0.240 e. The molecule has 8 heteroatoms. The lowest BCUT2D eigenvalue weighted by molar-refractivity contribution is 0.0335. The maximum atomic E-state index is 12.1. The van der Waals surface area contributed by atoms with E-state index in [4.69, 9.17) is 4.74 Å². The summed E-state index contributed by atoms with van der Waals surface area (Å²) < 4.78 is 34.0.